The summed E-state index contributed by atoms with van der Waals surface area (Å²) in [6.07, 6.45) is 0.356. The maximum absolute atomic E-state index is 12.6. The first-order chi connectivity index (χ1) is 10.3. The minimum atomic E-state index is -1.61. The summed E-state index contributed by atoms with van der Waals surface area (Å²) in [5.74, 6) is -0.562. The maximum Gasteiger partial charge on any atom is 0.195 e. The summed E-state index contributed by atoms with van der Waals surface area (Å²) < 4.78 is 0. The first kappa shape index (κ1) is 16.4. The molecule has 0 aliphatic heterocycles. The fourth-order valence-electron chi connectivity index (χ4n) is 2.73. The van der Waals surface area contributed by atoms with Gasteiger partial charge in [0.1, 0.15) is 11.2 Å². The van der Waals surface area contributed by atoms with Crippen LogP contribution in [-0.2, 0) is 17.6 Å². The van der Waals surface area contributed by atoms with Crippen LogP contribution in [0.4, 0.5) is 0 Å². The van der Waals surface area contributed by atoms with E-state index in [1.54, 1.807) is 0 Å². The van der Waals surface area contributed by atoms with E-state index in [2.05, 4.69) is 0 Å². The van der Waals surface area contributed by atoms with Gasteiger partial charge >= 0.3 is 0 Å². The smallest absolute Gasteiger partial charge is 0.195 e. The van der Waals surface area contributed by atoms with Crippen molar-refractivity contribution < 1.29 is 15.0 Å². The van der Waals surface area contributed by atoms with Crippen molar-refractivity contribution in [2.45, 2.75) is 37.9 Å². The summed E-state index contributed by atoms with van der Waals surface area (Å²) in [6.45, 7) is 2.92. The molecule has 0 aliphatic rings. The summed E-state index contributed by atoms with van der Waals surface area (Å²) in [5.41, 5.74) is -1.51. The van der Waals surface area contributed by atoms with Crippen molar-refractivity contribution in [3.05, 3.63) is 71.8 Å². The largest absolute Gasteiger partial charge is 0.382 e. The lowest BCUT2D eigenvalue weighted by Crippen LogP contribution is -2.52. The fourth-order valence-corrected chi connectivity index (χ4v) is 2.73. The Balaban J connectivity index is 2.14. The Hall–Kier alpha value is -1.97. The molecule has 116 valence electrons. The summed E-state index contributed by atoms with van der Waals surface area (Å²) >= 11 is 0. The van der Waals surface area contributed by atoms with Crippen molar-refractivity contribution in [3.63, 3.8) is 0 Å². The van der Waals surface area contributed by atoms with E-state index in [0.29, 0.717) is 0 Å². The second-order valence-electron chi connectivity index (χ2n) is 6.20. The van der Waals surface area contributed by atoms with Crippen LogP contribution in [0.15, 0.2) is 60.7 Å². The lowest BCUT2D eigenvalue weighted by Gasteiger charge is -2.31. The van der Waals surface area contributed by atoms with Crippen molar-refractivity contribution in [1.82, 2.24) is 0 Å². The van der Waals surface area contributed by atoms with Gasteiger partial charge in [0.05, 0.1) is 0 Å². The minimum absolute atomic E-state index is 0.178. The van der Waals surface area contributed by atoms with Gasteiger partial charge in [-0.05, 0) is 25.0 Å². The van der Waals surface area contributed by atoms with Crippen LogP contribution in [0.1, 0.15) is 25.0 Å². The number of carbonyl (C=O) groups is 1. The van der Waals surface area contributed by atoms with Gasteiger partial charge in [-0.3, -0.25) is 4.79 Å². The predicted octanol–water partition coefficient (Wildman–Crippen LogP) is 2.54. The molecule has 2 atom stereocenters. The van der Waals surface area contributed by atoms with E-state index in [4.69, 9.17) is 0 Å². The molecule has 0 saturated carbocycles. The van der Waals surface area contributed by atoms with Gasteiger partial charge in [0, 0.05) is 12.8 Å². The van der Waals surface area contributed by atoms with Gasteiger partial charge in [-0.1, -0.05) is 60.7 Å². The number of rotatable bonds is 6. The van der Waals surface area contributed by atoms with Crippen LogP contribution >= 0.6 is 0 Å². The highest BCUT2D eigenvalue weighted by Gasteiger charge is 2.42. The Morgan fingerprint density at radius 2 is 1.09 bits per heavy atom. The van der Waals surface area contributed by atoms with Gasteiger partial charge in [0.25, 0.3) is 0 Å². The lowest BCUT2D eigenvalue weighted by atomic mass is 9.80. The highest BCUT2D eigenvalue weighted by Crippen LogP contribution is 2.24. The van der Waals surface area contributed by atoms with Crippen LogP contribution in [0.2, 0.25) is 0 Å². The zero-order valence-corrected chi connectivity index (χ0v) is 13.0. The highest BCUT2D eigenvalue weighted by atomic mass is 16.3. The standard InChI is InChI=1S/C19H22O3/c1-18(21,13-15-9-5-3-6-10-15)17(20)19(2,22)14-16-11-7-4-8-12-16/h3-12,21-22H,13-14H2,1-2H3. The Labute approximate surface area is 131 Å². The number of Topliss-reactive ketones (excluding diaryl/α,β-unsaturated/α-hetero) is 1. The van der Waals surface area contributed by atoms with Gasteiger partial charge in [-0.25, -0.2) is 0 Å². The highest BCUT2D eigenvalue weighted by molar-refractivity contribution is 5.94. The van der Waals surface area contributed by atoms with Crippen LogP contribution in [0.5, 0.6) is 0 Å². The minimum Gasteiger partial charge on any atom is -0.382 e. The normalized spacial score (nSPS) is 16.5. The van der Waals surface area contributed by atoms with E-state index in [-0.39, 0.29) is 12.8 Å². The Morgan fingerprint density at radius 3 is 1.41 bits per heavy atom. The molecule has 0 aromatic heterocycles. The molecule has 0 spiro atoms. The molecule has 0 aliphatic carbocycles. The molecule has 3 nitrogen and oxygen atoms in total. The fraction of sp³-hybridized carbons (Fsp3) is 0.316. The molecule has 0 saturated heterocycles. The van der Waals surface area contributed by atoms with E-state index < -0.39 is 17.0 Å². The monoisotopic (exact) mass is 298 g/mol. The molecule has 0 radical (unpaired) electrons. The summed E-state index contributed by atoms with van der Waals surface area (Å²) in [4.78, 5) is 12.6. The van der Waals surface area contributed by atoms with Gasteiger partial charge in [0.15, 0.2) is 5.78 Å². The second-order valence-corrected chi connectivity index (χ2v) is 6.20. The second kappa shape index (κ2) is 6.42. The van der Waals surface area contributed by atoms with Crippen molar-refractivity contribution in [2.24, 2.45) is 0 Å². The average Bonchev–Trinajstić information content (AvgIpc) is 2.47. The lowest BCUT2D eigenvalue weighted by molar-refractivity contribution is -0.153. The number of hydrogen-bond acceptors (Lipinski definition) is 3. The third kappa shape index (κ3) is 4.03. The van der Waals surface area contributed by atoms with Crippen molar-refractivity contribution in [1.29, 1.82) is 0 Å². The third-order valence-corrected chi connectivity index (χ3v) is 3.76. The Kier molecular flexibility index (Phi) is 4.79. The Bertz CT molecular complexity index is 560. The number of carbonyl (C=O) groups excluding carboxylic acids is 1. The zero-order chi connectivity index (χ0) is 16.2. The number of ketones is 1. The first-order valence-corrected chi connectivity index (χ1v) is 7.39. The molecule has 2 unspecified atom stereocenters. The molecule has 2 N–H and O–H groups in total. The first-order valence-electron chi connectivity index (χ1n) is 7.39. The quantitative estimate of drug-likeness (QED) is 0.861. The molecular formula is C19H22O3. The molecule has 3 heteroatoms. The molecule has 22 heavy (non-hydrogen) atoms. The molecular weight excluding hydrogens is 276 g/mol. The summed E-state index contributed by atoms with van der Waals surface area (Å²) in [5, 5.41) is 21.1. The molecule has 2 aromatic carbocycles. The van der Waals surface area contributed by atoms with Crippen molar-refractivity contribution in [3.8, 4) is 0 Å². The SMILES string of the molecule is CC(O)(Cc1ccccc1)C(=O)C(C)(O)Cc1ccccc1. The molecule has 2 rings (SSSR count). The maximum atomic E-state index is 12.6. The Morgan fingerprint density at radius 1 is 0.773 bits per heavy atom. The zero-order valence-electron chi connectivity index (χ0n) is 13.0. The van der Waals surface area contributed by atoms with E-state index in [1.807, 2.05) is 60.7 Å². The van der Waals surface area contributed by atoms with Crippen LogP contribution in [0, 0.1) is 0 Å². The van der Waals surface area contributed by atoms with Gasteiger partial charge < -0.3 is 10.2 Å². The van der Waals surface area contributed by atoms with E-state index in [0.717, 1.165) is 11.1 Å². The van der Waals surface area contributed by atoms with Crippen LogP contribution in [0.25, 0.3) is 0 Å². The van der Waals surface area contributed by atoms with Gasteiger partial charge in [-0.2, -0.15) is 0 Å². The van der Waals surface area contributed by atoms with Crippen LogP contribution in [-0.4, -0.2) is 27.2 Å². The average molecular weight is 298 g/mol. The predicted molar refractivity (Wildman–Crippen MR) is 86.5 cm³/mol. The van der Waals surface area contributed by atoms with E-state index in [1.165, 1.54) is 13.8 Å². The van der Waals surface area contributed by atoms with Crippen LogP contribution < -0.4 is 0 Å². The van der Waals surface area contributed by atoms with Crippen molar-refractivity contribution >= 4 is 5.78 Å². The topological polar surface area (TPSA) is 57.5 Å². The summed E-state index contributed by atoms with van der Waals surface area (Å²) in [7, 11) is 0. The number of hydrogen-bond donors (Lipinski definition) is 2. The summed E-state index contributed by atoms with van der Waals surface area (Å²) in [6, 6.07) is 18.6. The van der Waals surface area contributed by atoms with E-state index >= 15 is 0 Å². The number of benzene rings is 2. The molecule has 0 fully saturated rings. The van der Waals surface area contributed by atoms with Crippen molar-refractivity contribution in [2.75, 3.05) is 0 Å². The van der Waals surface area contributed by atoms with Gasteiger partial charge in [0.2, 0.25) is 0 Å². The van der Waals surface area contributed by atoms with Crippen LogP contribution in [0.3, 0.4) is 0 Å². The molecule has 2 aromatic rings. The molecule has 0 heterocycles. The van der Waals surface area contributed by atoms with Gasteiger partial charge in [-0.15, -0.1) is 0 Å². The number of aliphatic hydroxyl groups is 2. The molecule has 0 amide bonds. The third-order valence-electron chi connectivity index (χ3n) is 3.76. The van der Waals surface area contributed by atoms with E-state index in [9.17, 15) is 15.0 Å². The molecule has 0 bridgehead atoms.